The first-order valence-corrected chi connectivity index (χ1v) is 8.03. The van der Waals surface area contributed by atoms with Gasteiger partial charge in [0.05, 0.1) is 6.04 Å². The molecule has 2 aromatic carbocycles. The lowest BCUT2D eigenvalue weighted by molar-refractivity contribution is 0.748. The molecule has 0 spiro atoms. The third-order valence-electron chi connectivity index (χ3n) is 2.92. The van der Waals surface area contributed by atoms with Crippen LogP contribution in [-0.4, -0.2) is 0 Å². The van der Waals surface area contributed by atoms with Gasteiger partial charge in [-0.3, -0.25) is 0 Å². The lowest BCUT2D eigenvalue weighted by Gasteiger charge is -2.20. The Bertz CT molecular complexity index is 572. The van der Waals surface area contributed by atoms with E-state index in [2.05, 4.69) is 62.3 Å². The summed E-state index contributed by atoms with van der Waals surface area (Å²) in [5.41, 5.74) is 2.31. The SMILES string of the molecule is CCC(Nc1ccc(Cl)cc1Br)c1cccc(Br)c1. The van der Waals surface area contributed by atoms with E-state index in [1.807, 2.05) is 24.3 Å². The van der Waals surface area contributed by atoms with E-state index in [0.717, 1.165) is 26.1 Å². The second kappa shape index (κ2) is 6.78. The van der Waals surface area contributed by atoms with Gasteiger partial charge in [0.15, 0.2) is 0 Å². The van der Waals surface area contributed by atoms with Crippen LogP contribution in [0.15, 0.2) is 51.4 Å². The van der Waals surface area contributed by atoms with E-state index in [4.69, 9.17) is 11.6 Å². The highest BCUT2D eigenvalue weighted by Crippen LogP contribution is 2.31. The Labute approximate surface area is 135 Å². The maximum Gasteiger partial charge on any atom is 0.0512 e. The molecule has 19 heavy (non-hydrogen) atoms. The van der Waals surface area contributed by atoms with Gasteiger partial charge in [0, 0.05) is 19.7 Å². The van der Waals surface area contributed by atoms with Gasteiger partial charge in [0.2, 0.25) is 0 Å². The summed E-state index contributed by atoms with van der Waals surface area (Å²) in [7, 11) is 0. The maximum absolute atomic E-state index is 5.96. The Morgan fingerprint density at radius 2 is 1.95 bits per heavy atom. The maximum atomic E-state index is 5.96. The van der Waals surface area contributed by atoms with Gasteiger partial charge in [-0.1, -0.05) is 46.6 Å². The summed E-state index contributed by atoms with van der Waals surface area (Å²) in [4.78, 5) is 0. The normalized spacial score (nSPS) is 12.2. The Hall–Kier alpha value is -0.510. The van der Waals surface area contributed by atoms with Crippen LogP contribution in [0.5, 0.6) is 0 Å². The van der Waals surface area contributed by atoms with Crippen molar-refractivity contribution in [1.82, 2.24) is 0 Å². The Kier molecular flexibility index (Phi) is 5.31. The minimum Gasteiger partial charge on any atom is -0.377 e. The molecule has 0 saturated carbocycles. The fourth-order valence-corrected chi connectivity index (χ4v) is 3.15. The van der Waals surface area contributed by atoms with Crippen LogP contribution in [0.4, 0.5) is 5.69 Å². The van der Waals surface area contributed by atoms with E-state index < -0.39 is 0 Å². The first kappa shape index (κ1) is 14.9. The standard InChI is InChI=1S/C15H14Br2ClN/c1-2-14(10-4-3-5-11(16)8-10)19-15-7-6-12(18)9-13(15)17/h3-9,14,19H,2H2,1H3. The second-order valence-corrected chi connectivity index (χ2v) is 6.49. The lowest BCUT2D eigenvalue weighted by Crippen LogP contribution is -2.10. The quantitative estimate of drug-likeness (QED) is 0.620. The van der Waals surface area contributed by atoms with Crippen LogP contribution < -0.4 is 5.32 Å². The molecule has 0 aliphatic heterocycles. The number of rotatable bonds is 4. The van der Waals surface area contributed by atoms with Gasteiger partial charge in [0.25, 0.3) is 0 Å². The van der Waals surface area contributed by atoms with Gasteiger partial charge in [-0.2, -0.15) is 0 Å². The number of benzene rings is 2. The van der Waals surface area contributed by atoms with Crippen molar-refractivity contribution in [2.75, 3.05) is 5.32 Å². The number of nitrogens with one attached hydrogen (secondary N) is 1. The summed E-state index contributed by atoms with van der Waals surface area (Å²) in [5, 5.41) is 4.27. The molecule has 0 heterocycles. The van der Waals surface area contributed by atoms with Crippen molar-refractivity contribution < 1.29 is 0 Å². The van der Waals surface area contributed by atoms with Crippen molar-refractivity contribution in [3.8, 4) is 0 Å². The Balaban J connectivity index is 2.24. The molecule has 1 N–H and O–H groups in total. The van der Waals surface area contributed by atoms with E-state index >= 15 is 0 Å². The second-order valence-electron chi connectivity index (χ2n) is 4.28. The zero-order valence-corrected chi connectivity index (χ0v) is 14.4. The molecular formula is C15H14Br2ClN. The molecule has 0 aliphatic rings. The predicted octanol–water partition coefficient (Wildman–Crippen LogP) is 6.43. The summed E-state index contributed by atoms with van der Waals surface area (Å²) in [6.45, 7) is 2.17. The molecule has 0 saturated heterocycles. The molecule has 2 aromatic rings. The van der Waals surface area contributed by atoms with E-state index in [1.54, 1.807) is 0 Å². The Morgan fingerprint density at radius 1 is 1.16 bits per heavy atom. The average molecular weight is 404 g/mol. The molecule has 0 bridgehead atoms. The summed E-state index contributed by atoms with van der Waals surface area (Å²) in [6.07, 6.45) is 1.01. The smallest absolute Gasteiger partial charge is 0.0512 e. The van der Waals surface area contributed by atoms with Crippen LogP contribution in [0.25, 0.3) is 0 Å². The molecule has 1 nitrogen and oxygen atoms in total. The van der Waals surface area contributed by atoms with Crippen LogP contribution in [0.2, 0.25) is 5.02 Å². The van der Waals surface area contributed by atoms with E-state index in [-0.39, 0.29) is 6.04 Å². The van der Waals surface area contributed by atoms with E-state index in [0.29, 0.717) is 0 Å². The predicted molar refractivity (Wildman–Crippen MR) is 89.9 cm³/mol. The van der Waals surface area contributed by atoms with Gasteiger partial charge < -0.3 is 5.32 Å². The van der Waals surface area contributed by atoms with Gasteiger partial charge in [-0.25, -0.2) is 0 Å². The lowest BCUT2D eigenvalue weighted by atomic mass is 10.0. The van der Waals surface area contributed by atoms with Crippen molar-refractivity contribution in [1.29, 1.82) is 0 Å². The van der Waals surface area contributed by atoms with Crippen LogP contribution >= 0.6 is 43.5 Å². The zero-order chi connectivity index (χ0) is 13.8. The molecule has 1 atom stereocenters. The molecular weight excluding hydrogens is 389 g/mol. The van der Waals surface area contributed by atoms with Crippen LogP contribution in [0.1, 0.15) is 24.9 Å². The molecule has 0 radical (unpaired) electrons. The molecule has 0 aromatic heterocycles. The van der Waals surface area contributed by atoms with Crippen LogP contribution in [0.3, 0.4) is 0 Å². The third kappa shape index (κ3) is 3.98. The van der Waals surface area contributed by atoms with Crippen molar-refractivity contribution >= 4 is 49.1 Å². The number of hydrogen-bond acceptors (Lipinski definition) is 1. The molecule has 2 rings (SSSR count). The van der Waals surface area contributed by atoms with Gasteiger partial charge >= 0.3 is 0 Å². The monoisotopic (exact) mass is 401 g/mol. The number of hydrogen-bond donors (Lipinski definition) is 1. The van der Waals surface area contributed by atoms with E-state index in [9.17, 15) is 0 Å². The first-order chi connectivity index (χ1) is 9.10. The highest BCUT2D eigenvalue weighted by Gasteiger charge is 2.11. The summed E-state index contributed by atoms with van der Waals surface area (Å²) in [5.74, 6) is 0. The number of anilines is 1. The fourth-order valence-electron chi connectivity index (χ4n) is 1.94. The molecule has 1 unspecified atom stereocenters. The average Bonchev–Trinajstić information content (AvgIpc) is 2.38. The van der Waals surface area contributed by atoms with Gasteiger partial charge in [-0.15, -0.1) is 0 Å². The van der Waals surface area contributed by atoms with E-state index in [1.165, 1.54) is 5.56 Å². The van der Waals surface area contributed by atoms with Crippen LogP contribution in [0, 0.1) is 0 Å². The molecule has 4 heteroatoms. The summed E-state index contributed by atoms with van der Waals surface area (Å²) >= 11 is 13.0. The van der Waals surface area contributed by atoms with Crippen molar-refractivity contribution in [2.45, 2.75) is 19.4 Å². The summed E-state index contributed by atoms with van der Waals surface area (Å²) in [6, 6.07) is 14.4. The molecule has 0 aliphatic carbocycles. The molecule has 100 valence electrons. The first-order valence-electron chi connectivity index (χ1n) is 6.07. The highest BCUT2D eigenvalue weighted by atomic mass is 79.9. The highest BCUT2D eigenvalue weighted by molar-refractivity contribution is 9.10. The fraction of sp³-hybridized carbons (Fsp3) is 0.200. The molecule has 0 fully saturated rings. The van der Waals surface area contributed by atoms with Crippen molar-refractivity contribution in [3.05, 3.63) is 62.0 Å². The number of halogens is 3. The largest absolute Gasteiger partial charge is 0.377 e. The Morgan fingerprint density at radius 3 is 2.58 bits per heavy atom. The third-order valence-corrected chi connectivity index (χ3v) is 4.30. The van der Waals surface area contributed by atoms with Gasteiger partial charge in [0.1, 0.15) is 0 Å². The van der Waals surface area contributed by atoms with Crippen LogP contribution in [-0.2, 0) is 0 Å². The minimum absolute atomic E-state index is 0.273. The summed E-state index contributed by atoms with van der Waals surface area (Å²) < 4.78 is 2.08. The minimum atomic E-state index is 0.273. The van der Waals surface area contributed by atoms with Gasteiger partial charge in [-0.05, 0) is 58.2 Å². The zero-order valence-electron chi connectivity index (χ0n) is 10.5. The molecule has 0 amide bonds. The topological polar surface area (TPSA) is 12.0 Å². The van der Waals surface area contributed by atoms with Crippen molar-refractivity contribution in [3.63, 3.8) is 0 Å². The van der Waals surface area contributed by atoms with Crippen molar-refractivity contribution in [2.24, 2.45) is 0 Å².